The summed E-state index contributed by atoms with van der Waals surface area (Å²) in [6.07, 6.45) is 5.65. The number of benzene rings is 1. The van der Waals surface area contributed by atoms with Crippen LogP contribution in [0.25, 0.3) is 0 Å². The fraction of sp³-hybridized carbons (Fsp3) is 0.611. The molecule has 22 heavy (non-hydrogen) atoms. The van der Waals surface area contributed by atoms with Crippen molar-refractivity contribution in [1.82, 2.24) is 10.2 Å². The highest BCUT2D eigenvalue weighted by Crippen LogP contribution is 2.37. The summed E-state index contributed by atoms with van der Waals surface area (Å²) in [7, 11) is 0. The molecule has 1 aliphatic heterocycles. The normalized spacial score (nSPS) is 23.7. The number of rotatable bonds is 4. The SMILES string of the molecule is O=C(N[C@H](c1ccccc1)C1CCC1)N1CCC[C@H](CO)C1. The van der Waals surface area contributed by atoms with E-state index in [0.29, 0.717) is 12.5 Å². The number of nitrogens with zero attached hydrogens (tertiary/aromatic N) is 1. The zero-order chi connectivity index (χ0) is 15.4. The molecule has 3 rings (SSSR count). The van der Waals surface area contributed by atoms with Crippen LogP contribution in [0.2, 0.25) is 0 Å². The largest absolute Gasteiger partial charge is 0.396 e. The number of likely N-dealkylation sites (tertiary alicyclic amines) is 1. The Kier molecular flexibility index (Phi) is 4.98. The van der Waals surface area contributed by atoms with Crippen molar-refractivity contribution in [3.8, 4) is 0 Å². The van der Waals surface area contributed by atoms with Gasteiger partial charge in [0, 0.05) is 19.7 Å². The molecule has 1 aromatic rings. The summed E-state index contributed by atoms with van der Waals surface area (Å²) in [6, 6.07) is 10.5. The molecular formula is C18H26N2O2. The zero-order valence-electron chi connectivity index (χ0n) is 13.1. The molecule has 0 aromatic heterocycles. The summed E-state index contributed by atoms with van der Waals surface area (Å²) in [4.78, 5) is 14.5. The lowest BCUT2D eigenvalue weighted by Gasteiger charge is -2.38. The average Bonchev–Trinajstić information content (AvgIpc) is 2.53. The Morgan fingerprint density at radius 1 is 1.23 bits per heavy atom. The molecule has 1 heterocycles. The number of piperidine rings is 1. The number of nitrogens with one attached hydrogen (secondary N) is 1. The molecule has 2 atom stereocenters. The molecule has 120 valence electrons. The number of hydrogen-bond acceptors (Lipinski definition) is 2. The van der Waals surface area contributed by atoms with E-state index in [0.717, 1.165) is 19.4 Å². The van der Waals surface area contributed by atoms with E-state index >= 15 is 0 Å². The third-order valence-electron chi connectivity index (χ3n) is 5.12. The van der Waals surface area contributed by atoms with Crippen LogP contribution in [0, 0.1) is 11.8 Å². The van der Waals surface area contributed by atoms with Gasteiger partial charge in [0.2, 0.25) is 0 Å². The minimum absolute atomic E-state index is 0.0268. The molecule has 2 fully saturated rings. The van der Waals surface area contributed by atoms with Crippen molar-refractivity contribution in [1.29, 1.82) is 0 Å². The van der Waals surface area contributed by atoms with Crippen molar-refractivity contribution in [2.75, 3.05) is 19.7 Å². The van der Waals surface area contributed by atoms with Gasteiger partial charge < -0.3 is 15.3 Å². The van der Waals surface area contributed by atoms with Gasteiger partial charge in [0.25, 0.3) is 0 Å². The van der Waals surface area contributed by atoms with Gasteiger partial charge in [-0.25, -0.2) is 4.79 Å². The lowest BCUT2D eigenvalue weighted by molar-refractivity contribution is 0.123. The van der Waals surface area contributed by atoms with Gasteiger partial charge in [-0.2, -0.15) is 0 Å². The third kappa shape index (κ3) is 3.43. The van der Waals surface area contributed by atoms with E-state index in [4.69, 9.17) is 0 Å². The Bertz CT molecular complexity index is 487. The van der Waals surface area contributed by atoms with Gasteiger partial charge in [-0.3, -0.25) is 0 Å². The fourth-order valence-electron chi connectivity index (χ4n) is 3.53. The summed E-state index contributed by atoms with van der Waals surface area (Å²) in [5.74, 6) is 0.795. The number of aliphatic hydroxyl groups is 1. The molecule has 0 radical (unpaired) electrons. The van der Waals surface area contributed by atoms with Gasteiger partial charge >= 0.3 is 6.03 Å². The van der Waals surface area contributed by atoms with Crippen LogP contribution in [0.15, 0.2) is 30.3 Å². The average molecular weight is 302 g/mol. The third-order valence-corrected chi connectivity index (χ3v) is 5.12. The van der Waals surface area contributed by atoms with E-state index in [1.165, 1.54) is 24.8 Å². The fourth-order valence-corrected chi connectivity index (χ4v) is 3.53. The summed E-state index contributed by atoms with van der Waals surface area (Å²) >= 11 is 0. The van der Waals surface area contributed by atoms with Gasteiger partial charge in [0.1, 0.15) is 0 Å². The Morgan fingerprint density at radius 2 is 2.00 bits per heavy atom. The lowest BCUT2D eigenvalue weighted by Crippen LogP contribution is -2.48. The second kappa shape index (κ2) is 7.14. The maximum Gasteiger partial charge on any atom is 0.317 e. The van der Waals surface area contributed by atoms with E-state index in [9.17, 15) is 9.90 Å². The molecule has 2 aliphatic rings. The highest BCUT2D eigenvalue weighted by atomic mass is 16.3. The summed E-state index contributed by atoms with van der Waals surface area (Å²) in [5, 5.41) is 12.6. The molecule has 0 spiro atoms. The van der Waals surface area contributed by atoms with Crippen LogP contribution >= 0.6 is 0 Å². The number of carbonyl (C=O) groups is 1. The van der Waals surface area contributed by atoms with Crippen molar-refractivity contribution < 1.29 is 9.90 Å². The molecule has 1 aliphatic carbocycles. The first kappa shape index (κ1) is 15.3. The van der Waals surface area contributed by atoms with Crippen LogP contribution in [0.4, 0.5) is 4.79 Å². The van der Waals surface area contributed by atoms with Crippen LogP contribution in [0.5, 0.6) is 0 Å². The molecule has 0 unspecified atom stereocenters. The topological polar surface area (TPSA) is 52.6 Å². The number of amides is 2. The van der Waals surface area contributed by atoms with Crippen molar-refractivity contribution in [3.63, 3.8) is 0 Å². The Morgan fingerprint density at radius 3 is 2.64 bits per heavy atom. The number of carbonyl (C=O) groups excluding carboxylic acids is 1. The lowest BCUT2D eigenvalue weighted by atomic mass is 9.77. The Balaban J connectivity index is 1.66. The Labute approximate surface area is 132 Å². The number of hydrogen-bond donors (Lipinski definition) is 2. The van der Waals surface area contributed by atoms with Gasteiger partial charge in [-0.15, -0.1) is 0 Å². The van der Waals surface area contributed by atoms with Crippen LogP contribution < -0.4 is 5.32 Å². The van der Waals surface area contributed by atoms with E-state index in [2.05, 4.69) is 17.4 Å². The van der Waals surface area contributed by atoms with Crippen LogP contribution in [-0.2, 0) is 0 Å². The molecule has 2 amide bonds. The van der Waals surface area contributed by atoms with Crippen LogP contribution in [0.1, 0.15) is 43.7 Å². The molecule has 4 heteroatoms. The van der Waals surface area contributed by atoms with Crippen LogP contribution in [0.3, 0.4) is 0 Å². The minimum atomic E-state index is 0.0268. The summed E-state index contributed by atoms with van der Waals surface area (Å²) < 4.78 is 0. The molecule has 1 aromatic carbocycles. The Hall–Kier alpha value is -1.55. The maximum atomic E-state index is 12.6. The minimum Gasteiger partial charge on any atom is -0.396 e. The standard InChI is InChI=1S/C18H26N2O2/c21-13-14-6-5-11-20(12-14)18(22)19-17(16-9-4-10-16)15-7-2-1-3-8-15/h1-3,7-8,14,16-17,21H,4-6,9-13H2,(H,19,22)/t14-,17+/m0/s1. The zero-order valence-corrected chi connectivity index (χ0v) is 13.1. The predicted molar refractivity (Wildman–Crippen MR) is 86.4 cm³/mol. The smallest absolute Gasteiger partial charge is 0.317 e. The number of aliphatic hydroxyl groups excluding tert-OH is 1. The van der Waals surface area contributed by atoms with Gasteiger partial charge in [0.15, 0.2) is 0 Å². The van der Waals surface area contributed by atoms with E-state index in [1.54, 1.807) is 0 Å². The molecule has 1 saturated carbocycles. The molecule has 2 N–H and O–H groups in total. The van der Waals surface area contributed by atoms with Gasteiger partial charge in [-0.1, -0.05) is 36.8 Å². The first-order valence-electron chi connectivity index (χ1n) is 8.49. The first-order chi connectivity index (χ1) is 10.8. The second-order valence-electron chi connectivity index (χ2n) is 6.67. The molecule has 4 nitrogen and oxygen atoms in total. The van der Waals surface area contributed by atoms with Crippen molar-refractivity contribution in [3.05, 3.63) is 35.9 Å². The highest BCUT2D eigenvalue weighted by molar-refractivity contribution is 5.75. The first-order valence-corrected chi connectivity index (χ1v) is 8.49. The maximum absolute atomic E-state index is 12.6. The quantitative estimate of drug-likeness (QED) is 0.898. The van der Waals surface area contributed by atoms with Crippen molar-refractivity contribution in [2.45, 2.75) is 38.1 Å². The van der Waals surface area contributed by atoms with Crippen molar-refractivity contribution >= 4 is 6.03 Å². The van der Waals surface area contributed by atoms with E-state index < -0.39 is 0 Å². The summed E-state index contributed by atoms with van der Waals surface area (Å²) in [6.45, 7) is 1.65. The van der Waals surface area contributed by atoms with E-state index in [1.807, 2.05) is 23.1 Å². The second-order valence-corrected chi connectivity index (χ2v) is 6.67. The molecule has 1 saturated heterocycles. The monoisotopic (exact) mass is 302 g/mol. The van der Waals surface area contributed by atoms with E-state index in [-0.39, 0.29) is 24.6 Å². The van der Waals surface area contributed by atoms with Gasteiger partial charge in [0.05, 0.1) is 6.04 Å². The highest BCUT2D eigenvalue weighted by Gasteiger charge is 2.31. The van der Waals surface area contributed by atoms with Gasteiger partial charge in [-0.05, 0) is 43.1 Å². The molecule has 0 bridgehead atoms. The van der Waals surface area contributed by atoms with Crippen molar-refractivity contribution in [2.24, 2.45) is 11.8 Å². The predicted octanol–water partition coefficient (Wildman–Crippen LogP) is 2.94. The molecular weight excluding hydrogens is 276 g/mol. The number of urea groups is 1. The van der Waals surface area contributed by atoms with Crippen LogP contribution in [-0.4, -0.2) is 35.7 Å². The summed E-state index contributed by atoms with van der Waals surface area (Å²) in [5.41, 5.74) is 1.20.